The minimum absolute atomic E-state index is 0.0905. The number of ether oxygens (including phenoxy) is 1. The Kier molecular flexibility index (Phi) is 4.54. The first-order valence-corrected chi connectivity index (χ1v) is 6.68. The van der Waals surface area contributed by atoms with Crippen molar-refractivity contribution in [3.05, 3.63) is 12.3 Å². The van der Waals surface area contributed by atoms with Crippen LogP contribution < -0.4 is 10.6 Å². The third-order valence-electron chi connectivity index (χ3n) is 3.36. The largest absolute Gasteiger partial charge is 0.466 e. The lowest BCUT2D eigenvalue weighted by Crippen LogP contribution is -2.35. The Morgan fingerprint density at radius 2 is 2.26 bits per heavy atom. The van der Waals surface area contributed by atoms with Gasteiger partial charge in [-0.05, 0) is 31.7 Å². The summed E-state index contributed by atoms with van der Waals surface area (Å²) in [5, 5.41) is 0. The van der Waals surface area contributed by atoms with E-state index in [1.165, 1.54) is 0 Å². The summed E-state index contributed by atoms with van der Waals surface area (Å²) in [5.74, 6) is 1.48. The Hall–Kier alpha value is -1.85. The predicted molar refractivity (Wildman–Crippen MR) is 72.6 cm³/mol. The number of carbonyl (C=O) groups is 1. The number of anilines is 2. The third-order valence-corrected chi connectivity index (χ3v) is 3.36. The molecule has 1 aromatic rings. The molecule has 2 heterocycles. The molecule has 0 aromatic carbocycles. The highest BCUT2D eigenvalue weighted by Gasteiger charge is 2.22. The molecule has 0 saturated carbocycles. The van der Waals surface area contributed by atoms with E-state index in [1.807, 2.05) is 13.0 Å². The van der Waals surface area contributed by atoms with Crippen molar-refractivity contribution in [3.8, 4) is 0 Å². The zero-order valence-electron chi connectivity index (χ0n) is 11.2. The predicted octanol–water partition coefficient (Wildman–Crippen LogP) is 1.23. The van der Waals surface area contributed by atoms with Crippen LogP contribution in [0.3, 0.4) is 0 Å². The van der Waals surface area contributed by atoms with Gasteiger partial charge in [-0.15, -0.1) is 0 Å². The smallest absolute Gasteiger partial charge is 0.306 e. The highest BCUT2D eigenvalue weighted by Crippen LogP contribution is 2.24. The number of aromatic nitrogens is 2. The van der Waals surface area contributed by atoms with Crippen molar-refractivity contribution in [1.82, 2.24) is 9.97 Å². The molecule has 0 bridgehead atoms. The molecule has 0 radical (unpaired) electrons. The molecule has 1 aliphatic rings. The first kappa shape index (κ1) is 13.6. The molecular formula is C13H20N4O2. The molecule has 2 N–H and O–H groups in total. The second kappa shape index (κ2) is 6.36. The molecule has 19 heavy (non-hydrogen) atoms. The second-order valence-corrected chi connectivity index (χ2v) is 4.71. The van der Waals surface area contributed by atoms with E-state index in [1.54, 1.807) is 6.20 Å². The quantitative estimate of drug-likeness (QED) is 0.824. The molecule has 0 unspecified atom stereocenters. The molecule has 6 nitrogen and oxygen atoms in total. The van der Waals surface area contributed by atoms with Gasteiger partial charge in [0.05, 0.1) is 6.61 Å². The van der Waals surface area contributed by atoms with Crippen molar-refractivity contribution in [1.29, 1.82) is 0 Å². The number of nitrogens with zero attached hydrogens (tertiary/aromatic N) is 3. The van der Waals surface area contributed by atoms with Crippen LogP contribution >= 0.6 is 0 Å². The van der Waals surface area contributed by atoms with Crippen LogP contribution in [0.2, 0.25) is 0 Å². The van der Waals surface area contributed by atoms with Gasteiger partial charge in [-0.1, -0.05) is 0 Å². The summed E-state index contributed by atoms with van der Waals surface area (Å²) in [6.45, 7) is 4.07. The Morgan fingerprint density at radius 3 is 2.89 bits per heavy atom. The number of carbonyl (C=O) groups excluding carboxylic acids is 1. The summed E-state index contributed by atoms with van der Waals surface area (Å²) in [4.78, 5) is 21.7. The van der Waals surface area contributed by atoms with Gasteiger partial charge in [0.2, 0.25) is 5.95 Å². The number of nitrogen functional groups attached to an aromatic ring is 1. The van der Waals surface area contributed by atoms with Crippen LogP contribution in [0.5, 0.6) is 0 Å². The highest BCUT2D eigenvalue weighted by atomic mass is 16.5. The average Bonchev–Trinajstić information content (AvgIpc) is 2.40. The zero-order chi connectivity index (χ0) is 13.7. The molecule has 1 fully saturated rings. The van der Waals surface area contributed by atoms with Gasteiger partial charge in [-0.2, -0.15) is 4.98 Å². The Bertz CT molecular complexity index is 430. The number of esters is 1. The fourth-order valence-corrected chi connectivity index (χ4v) is 2.36. The van der Waals surface area contributed by atoms with E-state index in [2.05, 4.69) is 14.9 Å². The molecule has 0 aliphatic carbocycles. The van der Waals surface area contributed by atoms with Gasteiger partial charge in [0.25, 0.3) is 0 Å². The summed E-state index contributed by atoms with van der Waals surface area (Å²) >= 11 is 0. The van der Waals surface area contributed by atoms with E-state index >= 15 is 0 Å². The first-order valence-electron chi connectivity index (χ1n) is 6.68. The molecule has 1 saturated heterocycles. The van der Waals surface area contributed by atoms with Gasteiger partial charge in [-0.25, -0.2) is 4.98 Å². The zero-order valence-corrected chi connectivity index (χ0v) is 11.2. The number of hydrogen-bond acceptors (Lipinski definition) is 6. The molecule has 1 aliphatic heterocycles. The van der Waals surface area contributed by atoms with E-state index < -0.39 is 0 Å². The molecule has 0 spiro atoms. The van der Waals surface area contributed by atoms with Gasteiger partial charge in [0.1, 0.15) is 5.82 Å². The third kappa shape index (κ3) is 3.81. The second-order valence-electron chi connectivity index (χ2n) is 4.71. The Labute approximate surface area is 113 Å². The summed E-state index contributed by atoms with van der Waals surface area (Å²) in [5.41, 5.74) is 5.58. The maximum atomic E-state index is 11.4. The lowest BCUT2D eigenvalue weighted by Gasteiger charge is -2.32. The minimum atomic E-state index is -0.0905. The topological polar surface area (TPSA) is 81.3 Å². The van der Waals surface area contributed by atoms with Crippen LogP contribution in [0.15, 0.2) is 12.3 Å². The number of hydrogen-bond donors (Lipinski definition) is 1. The van der Waals surface area contributed by atoms with Crippen molar-refractivity contribution in [2.45, 2.75) is 26.2 Å². The SMILES string of the molecule is CCOC(=O)CC1CCN(c2ccnc(N)n2)CC1. The van der Waals surface area contributed by atoms with E-state index in [0.29, 0.717) is 24.9 Å². The number of rotatable bonds is 4. The monoisotopic (exact) mass is 264 g/mol. The first-order chi connectivity index (χ1) is 9.19. The normalized spacial score (nSPS) is 16.4. The van der Waals surface area contributed by atoms with Gasteiger partial charge in [-0.3, -0.25) is 4.79 Å². The van der Waals surface area contributed by atoms with Crippen molar-refractivity contribution >= 4 is 17.7 Å². The summed E-state index contributed by atoms with van der Waals surface area (Å²) in [7, 11) is 0. The van der Waals surface area contributed by atoms with Crippen molar-refractivity contribution in [3.63, 3.8) is 0 Å². The van der Waals surface area contributed by atoms with Crippen molar-refractivity contribution < 1.29 is 9.53 Å². The average molecular weight is 264 g/mol. The summed E-state index contributed by atoms with van der Waals surface area (Å²) in [6, 6.07) is 1.86. The van der Waals surface area contributed by atoms with Crippen LogP contribution in [0.4, 0.5) is 11.8 Å². The maximum absolute atomic E-state index is 11.4. The fraction of sp³-hybridized carbons (Fsp3) is 0.615. The van der Waals surface area contributed by atoms with E-state index in [0.717, 1.165) is 31.7 Å². The van der Waals surface area contributed by atoms with Crippen LogP contribution in [0.25, 0.3) is 0 Å². The van der Waals surface area contributed by atoms with E-state index in [9.17, 15) is 4.79 Å². The Balaban J connectivity index is 1.84. The molecule has 2 rings (SSSR count). The molecule has 0 amide bonds. The minimum Gasteiger partial charge on any atom is -0.466 e. The molecular weight excluding hydrogens is 244 g/mol. The van der Waals surface area contributed by atoms with Gasteiger partial charge < -0.3 is 15.4 Å². The molecule has 6 heteroatoms. The fourth-order valence-electron chi connectivity index (χ4n) is 2.36. The molecule has 104 valence electrons. The highest BCUT2D eigenvalue weighted by molar-refractivity contribution is 5.69. The van der Waals surface area contributed by atoms with Crippen LogP contribution in [-0.4, -0.2) is 35.6 Å². The van der Waals surface area contributed by atoms with Crippen LogP contribution in [0.1, 0.15) is 26.2 Å². The number of piperidine rings is 1. The molecule has 0 atom stereocenters. The van der Waals surface area contributed by atoms with Crippen LogP contribution in [0, 0.1) is 5.92 Å². The van der Waals surface area contributed by atoms with Crippen molar-refractivity contribution in [2.75, 3.05) is 30.3 Å². The maximum Gasteiger partial charge on any atom is 0.306 e. The van der Waals surface area contributed by atoms with E-state index in [4.69, 9.17) is 10.5 Å². The Morgan fingerprint density at radius 1 is 1.53 bits per heavy atom. The lowest BCUT2D eigenvalue weighted by molar-refractivity contribution is -0.144. The summed E-state index contributed by atoms with van der Waals surface area (Å²) in [6.07, 6.45) is 4.14. The lowest BCUT2D eigenvalue weighted by atomic mass is 9.93. The van der Waals surface area contributed by atoms with Gasteiger partial charge in [0.15, 0.2) is 0 Å². The van der Waals surface area contributed by atoms with Gasteiger partial charge >= 0.3 is 5.97 Å². The standard InChI is InChI=1S/C13H20N4O2/c1-2-19-12(18)9-10-4-7-17(8-5-10)11-3-6-15-13(14)16-11/h3,6,10H,2,4-5,7-9H2,1H3,(H2,14,15,16). The van der Waals surface area contributed by atoms with Crippen LogP contribution in [-0.2, 0) is 9.53 Å². The molecule has 1 aromatic heterocycles. The van der Waals surface area contributed by atoms with E-state index in [-0.39, 0.29) is 5.97 Å². The summed E-state index contributed by atoms with van der Waals surface area (Å²) < 4.78 is 4.98. The van der Waals surface area contributed by atoms with Crippen molar-refractivity contribution in [2.24, 2.45) is 5.92 Å². The van der Waals surface area contributed by atoms with Gasteiger partial charge in [0, 0.05) is 25.7 Å². The number of nitrogens with two attached hydrogens (primary N) is 1.